The highest BCUT2D eigenvalue weighted by Crippen LogP contribution is 2.61. The first-order valence-electron chi connectivity index (χ1n) is 15.1. The second kappa shape index (κ2) is 9.71. The zero-order chi connectivity index (χ0) is 30.0. The van der Waals surface area contributed by atoms with Crippen LogP contribution in [-0.4, -0.2) is 9.97 Å². The van der Waals surface area contributed by atoms with E-state index in [0.29, 0.717) is 11.4 Å². The Morgan fingerprint density at radius 1 is 0.422 bits per heavy atom. The number of fused-ring (bicyclic) bond motifs is 12. The van der Waals surface area contributed by atoms with Crippen molar-refractivity contribution in [2.24, 2.45) is 0 Å². The molecule has 0 aliphatic heterocycles. The summed E-state index contributed by atoms with van der Waals surface area (Å²) in [5.74, 6) is 0.636. The Labute approximate surface area is 261 Å². The Morgan fingerprint density at radius 2 is 0.867 bits per heavy atom. The van der Waals surface area contributed by atoms with Gasteiger partial charge in [0.15, 0.2) is 5.82 Å². The molecule has 3 heteroatoms. The summed E-state index contributed by atoms with van der Waals surface area (Å²) in [5, 5.41) is 9.16. The predicted octanol–water partition coefficient (Wildman–Crippen LogP) is 9.69. The van der Waals surface area contributed by atoms with Gasteiger partial charge in [-0.05, 0) is 91.5 Å². The van der Waals surface area contributed by atoms with Crippen LogP contribution in [0, 0.1) is 11.3 Å². The van der Waals surface area contributed by atoms with E-state index >= 15 is 0 Å². The smallest absolute Gasteiger partial charge is 0.159 e. The van der Waals surface area contributed by atoms with Crippen molar-refractivity contribution < 1.29 is 0 Å². The summed E-state index contributed by atoms with van der Waals surface area (Å²) in [4.78, 5) is 9.45. The van der Waals surface area contributed by atoms with Gasteiger partial charge in [0.05, 0.1) is 17.0 Å². The van der Waals surface area contributed by atoms with Gasteiger partial charge in [0.2, 0.25) is 0 Å². The molecule has 3 nitrogen and oxygen atoms in total. The SMILES string of the molecule is N#Cc1ccc(-c2ncc(-c3ccc4c(c3)-c3ccccc3-c3ccccc3C43c4ccccc4-c4ccccc43)cn2)cc1. The van der Waals surface area contributed by atoms with Gasteiger partial charge in [0.25, 0.3) is 0 Å². The standard InChI is InChI=1S/C42H25N3/c43-24-27-17-19-28(20-18-27)41-44-25-30(26-45-41)29-21-22-40-36(23-29)32-10-2-1-9-31(32)33-11-3-6-14-37(33)42(40)38-15-7-4-12-34(38)35-13-5-8-16-39(35)42/h1-23,25-26H. The molecule has 1 aromatic heterocycles. The second-order valence-electron chi connectivity index (χ2n) is 11.7. The molecule has 0 amide bonds. The van der Waals surface area contributed by atoms with Crippen LogP contribution in [0.3, 0.4) is 0 Å². The summed E-state index contributed by atoms with van der Waals surface area (Å²) in [5.41, 5.74) is 15.7. The first kappa shape index (κ1) is 25.4. The molecular weight excluding hydrogens is 546 g/mol. The number of nitrogens with zero attached hydrogens (tertiary/aromatic N) is 3. The highest BCUT2D eigenvalue weighted by atomic mass is 14.9. The van der Waals surface area contributed by atoms with Crippen molar-refractivity contribution in [3.05, 3.63) is 180 Å². The minimum absolute atomic E-state index is 0.480. The van der Waals surface area contributed by atoms with E-state index in [1.54, 1.807) is 12.1 Å². The summed E-state index contributed by atoms with van der Waals surface area (Å²) in [6.07, 6.45) is 3.80. The van der Waals surface area contributed by atoms with E-state index < -0.39 is 5.41 Å². The van der Waals surface area contributed by atoms with Crippen molar-refractivity contribution in [2.45, 2.75) is 5.41 Å². The number of nitriles is 1. The molecule has 0 N–H and O–H groups in total. The van der Waals surface area contributed by atoms with Crippen molar-refractivity contribution in [1.82, 2.24) is 9.97 Å². The van der Waals surface area contributed by atoms with Crippen LogP contribution in [0.25, 0.3) is 55.9 Å². The number of aromatic nitrogens is 2. The third kappa shape index (κ3) is 3.57. The molecular formula is C42H25N3. The van der Waals surface area contributed by atoms with Crippen LogP contribution in [0.1, 0.15) is 27.8 Å². The van der Waals surface area contributed by atoms with Crippen molar-refractivity contribution >= 4 is 0 Å². The topological polar surface area (TPSA) is 49.6 Å². The maximum Gasteiger partial charge on any atom is 0.159 e. The van der Waals surface area contributed by atoms with Crippen molar-refractivity contribution in [1.29, 1.82) is 5.26 Å². The molecule has 208 valence electrons. The Bertz CT molecular complexity index is 2280. The van der Waals surface area contributed by atoms with E-state index in [1.165, 1.54) is 55.6 Å². The maximum atomic E-state index is 9.16. The minimum Gasteiger partial charge on any atom is -0.236 e. The Balaban J connectivity index is 1.30. The highest BCUT2D eigenvalue weighted by molar-refractivity contribution is 5.98. The molecule has 0 unspecified atom stereocenters. The monoisotopic (exact) mass is 571 g/mol. The zero-order valence-electron chi connectivity index (χ0n) is 24.3. The van der Waals surface area contributed by atoms with Gasteiger partial charge in [-0.2, -0.15) is 5.26 Å². The molecule has 6 aromatic carbocycles. The summed E-state index contributed by atoms with van der Waals surface area (Å²) < 4.78 is 0. The third-order valence-electron chi connectivity index (χ3n) is 9.47. The van der Waals surface area contributed by atoms with E-state index in [2.05, 4.69) is 121 Å². The van der Waals surface area contributed by atoms with Gasteiger partial charge in [0, 0.05) is 23.5 Å². The molecule has 0 fully saturated rings. The number of hydrogen-bond acceptors (Lipinski definition) is 3. The van der Waals surface area contributed by atoms with Crippen LogP contribution in [0.4, 0.5) is 0 Å². The van der Waals surface area contributed by atoms with Gasteiger partial charge in [-0.25, -0.2) is 9.97 Å². The fourth-order valence-corrected chi connectivity index (χ4v) is 7.55. The highest BCUT2D eigenvalue weighted by Gasteiger charge is 2.49. The number of hydrogen-bond donors (Lipinski definition) is 0. The summed E-state index contributed by atoms with van der Waals surface area (Å²) in [6, 6.07) is 52.0. The third-order valence-corrected chi connectivity index (χ3v) is 9.47. The number of benzene rings is 6. The summed E-state index contributed by atoms with van der Waals surface area (Å²) >= 11 is 0. The Kier molecular flexibility index (Phi) is 5.48. The van der Waals surface area contributed by atoms with Crippen LogP contribution >= 0.6 is 0 Å². The molecule has 7 aromatic rings. The van der Waals surface area contributed by atoms with Crippen LogP contribution in [-0.2, 0) is 5.41 Å². The molecule has 2 aliphatic carbocycles. The lowest BCUT2D eigenvalue weighted by atomic mass is 9.66. The molecule has 2 aliphatic rings. The first-order valence-corrected chi connectivity index (χ1v) is 15.1. The molecule has 9 rings (SSSR count). The lowest BCUT2D eigenvalue weighted by Gasteiger charge is -2.35. The van der Waals surface area contributed by atoms with Crippen LogP contribution < -0.4 is 0 Å². The lowest BCUT2D eigenvalue weighted by molar-refractivity contribution is 0.775. The van der Waals surface area contributed by atoms with Crippen molar-refractivity contribution in [3.8, 4) is 62.0 Å². The van der Waals surface area contributed by atoms with E-state index in [-0.39, 0.29) is 0 Å². The van der Waals surface area contributed by atoms with Gasteiger partial charge in [0.1, 0.15) is 0 Å². The molecule has 0 atom stereocenters. The largest absolute Gasteiger partial charge is 0.236 e. The molecule has 1 heterocycles. The van der Waals surface area contributed by atoms with E-state index in [0.717, 1.165) is 16.7 Å². The molecule has 0 saturated heterocycles. The fraction of sp³-hybridized carbons (Fsp3) is 0.0238. The van der Waals surface area contributed by atoms with Crippen molar-refractivity contribution in [2.75, 3.05) is 0 Å². The number of rotatable bonds is 2. The molecule has 0 saturated carbocycles. The van der Waals surface area contributed by atoms with Gasteiger partial charge in [-0.1, -0.05) is 109 Å². The van der Waals surface area contributed by atoms with Gasteiger partial charge >= 0.3 is 0 Å². The van der Waals surface area contributed by atoms with E-state index in [9.17, 15) is 0 Å². The zero-order valence-corrected chi connectivity index (χ0v) is 24.3. The predicted molar refractivity (Wildman–Crippen MR) is 179 cm³/mol. The van der Waals surface area contributed by atoms with Crippen LogP contribution in [0.5, 0.6) is 0 Å². The second-order valence-corrected chi connectivity index (χ2v) is 11.7. The van der Waals surface area contributed by atoms with Gasteiger partial charge in [-0.3, -0.25) is 0 Å². The Morgan fingerprint density at radius 3 is 1.42 bits per heavy atom. The summed E-state index contributed by atoms with van der Waals surface area (Å²) in [6.45, 7) is 0. The van der Waals surface area contributed by atoms with E-state index in [4.69, 9.17) is 15.2 Å². The molecule has 1 spiro atoms. The average Bonchev–Trinajstić information content (AvgIpc) is 3.36. The van der Waals surface area contributed by atoms with Gasteiger partial charge in [-0.15, -0.1) is 0 Å². The lowest BCUT2D eigenvalue weighted by Crippen LogP contribution is -2.29. The first-order chi connectivity index (χ1) is 22.3. The Hall–Kier alpha value is -6.11. The van der Waals surface area contributed by atoms with Crippen molar-refractivity contribution in [3.63, 3.8) is 0 Å². The quantitative estimate of drug-likeness (QED) is 0.208. The average molecular weight is 572 g/mol. The van der Waals surface area contributed by atoms with E-state index in [1.807, 2.05) is 24.5 Å². The maximum absolute atomic E-state index is 9.16. The normalized spacial score (nSPS) is 13.0. The fourth-order valence-electron chi connectivity index (χ4n) is 7.55. The van der Waals surface area contributed by atoms with Crippen LogP contribution in [0.15, 0.2) is 152 Å². The van der Waals surface area contributed by atoms with Gasteiger partial charge < -0.3 is 0 Å². The molecule has 0 bridgehead atoms. The summed E-state index contributed by atoms with van der Waals surface area (Å²) in [7, 11) is 0. The minimum atomic E-state index is -0.480. The molecule has 45 heavy (non-hydrogen) atoms. The molecule has 0 radical (unpaired) electrons. The van der Waals surface area contributed by atoms with Crippen LogP contribution in [0.2, 0.25) is 0 Å².